The van der Waals surface area contributed by atoms with Crippen molar-refractivity contribution in [1.29, 1.82) is 0 Å². The molecular weight excluding hydrogens is 470 g/mol. The molecule has 1 aliphatic heterocycles. The lowest BCUT2D eigenvalue weighted by molar-refractivity contribution is -0.116. The van der Waals surface area contributed by atoms with Gasteiger partial charge in [0.15, 0.2) is 5.76 Å². The van der Waals surface area contributed by atoms with Crippen molar-refractivity contribution in [3.8, 4) is 28.9 Å². The quantitative estimate of drug-likeness (QED) is 0.342. The monoisotopic (exact) mass is 493 g/mol. The van der Waals surface area contributed by atoms with E-state index in [-0.39, 0.29) is 17.4 Å². The van der Waals surface area contributed by atoms with Crippen molar-refractivity contribution in [3.63, 3.8) is 0 Å². The number of ether oxygens (including phenoxy) is 1. The third kappa shape index (κ3) is 4.20. The summed E-state index contributed by atoms with van der Waals surface area (Å²) in [4.78, 5) is 33.6. The summed E-state index contributed by atoms with van der Waals surface area (Å²) in [5.74, 6) is 1.43. The number of carbonyl (C=O) groups excluding carboxylic acids is 1. The van der Waals surface area contributed by atoms with Gasteiger partial charge in [0.1, 0.15) is 23.0 Å². The summed E-state index contributed by atoms with van der Waals surface area (Å²) < 4.78 is 13.0. The number of hydrogen-bond acceptors (Lipinski definition) is 6. The maximum Gasteiger partial charge on any atom is 0.252 e. The first-order valence-corrected chi connectivity index (χ1v) is 12.0. The molecule has 1 aliphatic rings. The molecule has 0 bridgehead atoms. The van der Waals surface area contributed by atoms with E-state index in [0.29, 0.717) is 40.9 Å². The molecule has 6 rings (SSSR count). The van der Waals surface area contributed by atoms with Crippen molar-refractivity contribution in [2.75, 3.05) is 5.32 Å². The van der Waals surface area contributed by atoms with Crippen molar-refractivity contribution in [2.24, 2.45) is 0 Å². The molecule has 9 nitrogen and oxygen atoms in total. The van der Waals surface area contributed by atoms with Gasteiger partial charge in [0, 0.05) is 29.0 Å². The fraction of sp³-hybridized carbons (Fsp3) is 0.143. The summed E-state index contributed by atoms with van der Waals surface area (Å²) in [5.41, 5.74) is 2.34. The van der Waals surface area contributed by atoms with E-state index in [1.165, 1.54) is 10.7 Å². The Morgan fingerprint density at radius 2 is 1.76 bits per heavy atom. The Hall–Kier alpha value is -4.92. The zero-order valence-electron chi connectivity index (χ0n) is 20.0. The Bertz CT molecular complexity index is 1610. The number of aromatic amines is 1. The number of nitrogens with zero attached hydrogens (tertiary/aromatic N) is 3. The molecule has 37 heavy (non-hydrogen) atoms. The van der Waals surface area contributed by atoms with Gasteiger partial charge in [-0.1, -0.05) is 49.7 Å². The number of para-hydroxylation sites is 2. The molecule has 4 heterocycles. The van der Waals surface area contributed by atoms with Crippen LogP contribution in [0.5, 0.6) is 11.5 Å². The number of nitrogens with one attached hydrogen (secondary N) is 2. The van der Waals surface area contributed by atoms with Crippen LogP contribution in [0.1, 0.15) is 36.1 Å². The van der Waals surface area contributed by atoms with E-state index in [0.717, 1.165) is 17.5 Å². The average molecular weight is 494 g/mol. The number of benzene rings is 2. The van der Waals surface area contributed by atoms with Gasteiger partial charge in [-0.15, -0.1) is 0 Å². The second-order valence-corrected chi connectivity index (χ2v) is 8.71. The average Bonchev–Trinajstić information content (AvgIpc) is 3.57. The highest BCUT2D eigenvalue weighted by Gasteiger charge is 2.33. The molecule has 0 saturated carbocycles. The van der Waals surface area contributed by atoms with Crippen LogP contribution in [0.3, 0.4) is 0 Å². The summed E-state index contributed by atoms with van der Waals surface area (Å²) in [7, 11) is 0. The van der Waals surface area contributed by atoms with Gasteiger partial charge in [0.25, 0.3) is 5.56 Å². The van der Waals surface area contributed by atoms with E-state index in [2.05, 4.69) is 20.4 Å². The highest BCUT2D eigenvalue weighted by molar-refractivity contribution is 5.99. The van der Waals surface area contributed by atoms with Gasteiger partial charge in [-0.25, -0.2) is 4.98 Å². The Kier molecular flexibility index (Phi) is 5.65. The topological polar surface area (TPSA) is 115 Å². The molecular formula is C28H23N5O4. The van der Waals surface area contributed by atoms with Gasteiger partial charge in [0.2, 0.25) is 11.9 Å². The molecule has 184 valence electrons. The van der Waals surface area contributed by atoms with Gasteiger partial charge in [0.05, 0.1) is 12.2 Å². The molecule has 9 heteroatoms. The van der Waals surface area contributed by atoms with Crippen LogP contribution in [-0.4, -0.2) is 25.7 Å². The van der Waals surface area contributed by atoms with E-state index in [9.17, 15) is 9.59 Å². The smallest absolute Gasteiger partial charge is 0.252 e. The Labute approximate surface area is 211 Å². The number of carbonyl (C=O) groups is 1. The summed E-state index contributed by atoms with van der Waals surface area (Å²) in [6, 6.07) is 21.7. The molecule has 0 unspecified atom stereocenters. The normalized spacial score (nSPS) is 12.5. The highest BCUT2D eigenvalue weighted by Crippen LogP contribution is 2.44. The molecule has 0 spiro atoms. The van der Waals surface area contributed by atoms with Gasteiger partial charge in [-0.3, -0.25) is 14.6 Å². The van der Waals surface area contributed by atoms with Crippen molar-refractivity contribution < 1.29 is 13.9 Å². The first kappa shape index (κ1) is 22.5. The van der Waals surface area contributed by atoms with Crippen LogP contribution in [0.15, 0.2) is 88.3 Å². The van der Waals surface area contributed by atoms with Gasteiger partial charge < -0.3 is 14.5 Å². The predicted octanol–water partition coefficient (Wildman–Crippen LogP) is 5.04. The second-order valence-electron chi connectivity index (χ2n) is 8.71. The minimum Gasteiger partial charge on any atom is -0.463 e. The molecule has 0 fully saturated rings. The molecule has 2 N–H and O–H groups in total. The minimum atomic E-state index is -0.616. The van der Waals surface area contributed by atoms with Crippen LogP contribution >= 0.6 is 0 Å². The first-order valence-electron chi connectivity index (χ1n) is 12.0. The lowest BCUT2D eigenvalue weighted by atomic mass is 9.87. The van der Waals surface area contributed by atoms with E-state index in [1.807, 2.05) is 55.5 Å². The zero-order valence-corrected chi connectivity index (χ0v) is 20.0. The van der Waals surface area contributed by atoms with Crippen molar-refractivity contribution in [1.82, 2.24) is 19.7 Å². The molecule has 3 aromatic heterocycles. The number of H-pyrrole nitrogens is 1. The SMILES string of the molecule is CCCc1cc(=O)[nH]c(-n2nc(-c3ccco3)cc2NC(=O)C2c3ccccc3Oc3ccccc32)n1. The number of hydrogen-bond donors (Lipinski definition) is 2. The van der Waals surface area contributed by atoms with Gasteiger partial charge >= 0.3 is 0 Å². The van der Waals surface area contributed by atoms with Crippen LogP contribution in [0.2, 0.25) is 0 Å². The Morgan fingerprint density at radius 3 is 2.43 bits per heavy atom. The van der Waals surface area contributed by atoms with Crippen molar-refractivity contribution >= 4 is 11.7 Å². The molecule has 1 amide bonds. The van der Waals surface area contributed by atoms with Crippen molar-refractivity contribution in [2.45, 2.75) is 25.7 Å². The highest BCUT2D eigenvalue weighted by atomic mass is 16.5. The van der Waals surface area contributed by atoms with Crippen LogP contribution in [-0.2, 0) is 11.2 Å². The number of aryl methyl sites for hydroxylation is 1. The summed E-state index contributed by atoms with van der Waals surface area (Å²) in [6.45, 7) is 2.01. The van der Waals surface area contributed by atoms with E-state index >= 15 is 0 Å². The summed E-state index contributed by atoms with van der Waals surface area (Å²) >= 11 is 0. The third-order valence-corrected chi connectivity index (χ3v) is 6.17. The van der Waals surface area contributed by atoms with Gasteiger partial charge in [-0.05, 0) is 30.7 Å². The molecule has 0 aliphatic carbocycles. The fourth-order valence-electron chi connectivity index (χ4n) is 4.55. The third-order valence-electron chi connectivity index (χ3n) is 6.17. The zero-order chi connectivity index (χ0) is 25.4. The lowest BCUT2D eigenvalue weighted by Gasteiger charge is -2.27. The Morgan fingerprint density at radius 1 is 1.03 bits per heavy atom. The number of anilines is 1. The van der Waals surface area contributed by atoms with Crippen LogP contribution in [0.4, 0.5) is 5.82 Å². The maximum absolute atomic E-state index is 13.9. The summed E-state index contributed by atoms with van der Waals surface area (Å²) in [6.07, 6.45) is 3.02. The van der Waals surface area contributed by atoms with E-state index < -0.39 is 5.92 Å². The molecule has 2 aromatic carbocycles. The number of furan rings is 1. The van der Waals surface area contributed by atoms with Crippen LogP contribution in [0, 0.1) is 0 Å². The first-order chi connectivity index (χ1) is 18.1. The Balaban J connectivity index is 1.44. The number of aromatic nitrogens is 4. The van der Waals surface area contributed by atoms with Gasteiger partial charge in [-0.2, -0.15) is 9.78 Å². The minimum absolute atomic E-state index is 0.205. The maximum atomic E-state index is 13.9. The molecule has 0 saturated heterocycles. The summed E-state index contributed by atoms with van der Waals surface area (Å²) in [5, 5.41) is 7.62. The molecule has 0 atom stereocenters. The number of fused-ring (bicyclic) bond motifs is 2. The number of amides is 1. The fourth-order valence-corrected chi connectivity index (χ4v) is 4.55. The van der Waals surface area contributed by atoms with Crippen LogP contribution in [0.25, 0.3) is 17.4 Å². The largest absolute Gasteiger partial charge is 0.463 e. The van der Waals surface area contributed by atoms with Crippen LogP contribution < -0.4 is 15.6 Å². The second kappa shape index (κ2) is 9.27. The van der Waals surface area contributed by atoms with E-state index in [1.54, 1.807) is 24.5 Å². The standard InChI is InChI=1S/C28H23N5O4/c1-2-8-17-15-25(34)31-28(29-17)33-24(16-20(32-33)23-13-7-14-36-23)30-27(35)26-18-9-3-5-11-21(18)37-22-12-6-4-10-19(22)26/h3-7,9-16,26H,2,8H2,1H3,(H,30,35)(H,29,31,34). The lowest BCUT2D eigenvalue weighted by Crippen LogP contribution is -2.26. The van der Waals surface area contributed by atoms with Crippen molar-refractivity contribution in [3.05, 3.63) is 106 Å². The molecule has 0 radical (unpaired) electrons. The number of rotatable bonds is 6. The molecule has 5 aromatic rings. The van der Waals surface area contributed by atoms with E-state index in [4.69, 9.17) is 9.15 Å². The predicted molar refractivity (Wildman–Crippen MR) is 137 cm³/mol.